The van der Waals surface area contributed by atoms with E-state index in [1.54, 1.807) is 4.90 Å². The van der Waals surface area contributed by atoms with Crippen molar-refractivity contribution >= 4 is 6.09 Å². The van der Waals surface area contributed by atoms with Gasteiger partial charge in [-0.05, 0) is 50.0 Å². The summed E-state index contributed by atoms with van der Waals surface area (Å²) < 4.78 is 11.1. The molecule has 2 fully saturated rings. The molecule has 0 unspecified atom stereocenters. The lowest BCUT2D eigenvalue weighted by Crippen LogP contribution is -2.56. The van der Waals surface area contributed by atoms with E-state index in [4.69, 9.17) is 15.2 Å². The van der Waals surface area contributed by atoms with Crippen molar-refractivity contribution in [2.75, 3.05) is 20.3 Å². The molecule has 3 rings (SSSR count). The number of nitrogens with zero attached hydrogens (tertiary/aromatic N) is 1. The monoisotopic (exact) mass is 346 g/mol. The number of hydrogen-bond donors (Lipinski definition) is 1. The van der Waals surface area contributed by atoms with Crippen LogP contribution in [0.3, 0.4) is 0 Å². The van der Waals surface area contributed by atoms with Gasteiger partial charge < -0.3 is 20.1 Å². The van der Waals surface area contributed by atoms with Crippen LogP contribution in [0.5, 0.6) is 0 Å². The lowest BCUT2D eigenvalue weighted by atomic mass is 9.83. The number of benzene rings is 1. The number of hydrogen-bond acceptors (Lipinski definition) is 4. The second kappa shape index (κ2) is 8.68. The van der Waals surface area contributed by atoms with Crippen LogP contribution in [0.15, 0.2) is 30.3 Å². The van der Waals surface area contributed by atoms with E-state index in [0.717, 1.165) is 38.5 Å². The Morgan fingerprint density at radius 3 is 2.56 bits per heavy atom. The van der Waals surface area contributed by atoms with Gasteiger partial charge in [0.1, 0.15) is 0 Å². The fraction of sp³-hybridized carbons (Fsp3) is 0.650. The molecule has 1 saturated carbocycles. The Kier molecular flexibility index (Phi) is 6.32. The Labute approximate surface area is 150 Å². The predicted molar refractivity (Wildman–Crippen MR) is 97.5 cm³/mol. The first-order valence-electron chi connectivity index (χ1n) is 9.45. The van der Waals surface area contributed by atoms with Gasteiger partial charge in [-0.2, -0.15) is 0 Å². The molecule has 1 saturated heterocycles. The first kappa shape index (κ1) is 18.2. The molecule has 1 amide bonds. The van der Waals surface area contributed by atoms with Crippen molar-refractivity contribution in [3.8, 4) is 0 Å². The van der Waals surface area contributed by atoms with Crippen LogP contribution in [-0.4, -0.2) is 49.4 Å². The van der Waals surface area contributed by atoms with Crippen LogP contribution in [0.2, 0.25) is 0 Å². The molecule has 5 nitrogen and oxygen atoms in total. The van der Waals surface area contributed by atoms with E-state index in [-0.39, 0.29) is 24.3 Å². The molecule has 2 atom stereocenters. The van der Waals surface area contributed by atoms with E-state index in [0.29, 0.717) is 19.1 Å². The number of carbonyl (C=O) groups is 1. The zero-order valence-electron chi connectivity index (χ0n) is 15.1. The van der Waals surface area contributed by atoms with Crippen LogP contribution in [0.25, 0.3) is 0 Å². The lowest BCUT2D eigenvalue weighted by Gasteiger charge is -2.39. The summed E-state index contributed by atoms with van der Waals surface area (Å²) in [6.45, 7) is 1.21. The number of amides is 1. The van der Waals surface area contributed by atoms with Crippen molar-refractivity contribution in [3.05, 3.63) is 35.9 Å². The summed E-state index contributed by atoms with van der Waals surface area (Å²) in [4.78, 5) is 13.7. The van der Waals surface area contributed by atoms with Crippen LogP contribution in [0.1, 0.15) is 50.0 Å². The molecule has 1 aromatic carbocycles. The summed E-state index contributed by atoms with van der Waals surface area (Å²) in [5.41, 5.74) is 7.68. The molecular weight excluding hydrogens is 316 g/mol. The van der Waals surface area contributed by atoms with E-state index >= 15 is 0 Å². The highest BCUT2D eigenvalue weighted by atomic mass is 16.5. The Bertz CT molecular complexity index is 543. The number of piperidine rings is 1. The zero-order valence-corrected chi connectivity index (χ0v) is 15.1. The summed E-state index contributed by atoms with van der Waals surface area (Å²) in [5.74, 6) is 0.643. The summed E-state index contributed by atoms with van der Waals surface area (Å²) in [7, 11) is 1.42. The molecule has 0 spiro atoms. The van der Waals surface area contributed by atoms with E-state index in [1.807, 2.05) is 0 Å². The summed E-state index contributed by atoms with van der Waals surface area (Å²) in [5, 5.41) is 0. The number of nitrogens with two attached hydrogens (primary N) is 1. The van der Waals surface area contributed by atoms with Gasteiger partial charge in [-0.3, -0.25) is 0 Å². The highest BCUT2D eigenvalue weighted by Crippen LogP contribution is 2.34. The average molecular weight is 346 g/mol. The maximum absolute atomic E-state index is 12.0. The molecule has 138 valence electrons. The van der Waals surface area contributed by atoms with E-state index in [9.17, 15) is 4.79 Å². The van der Waals surface area contributed by atoms with Crippen molar-refractivity contribution < 1.29 is 14.3 Å². The molecule has 1 aliphatic carbocycles. The first-order valence-corrected chi connectivity index (χ1v) is 9.45. The summed E-state index contributed by atoms with van der Waals surface area (Å²) in [6, 6.07) is 10.6. The molecular formula is C20H30N2O3. The average Bonchev–Trinajstić information content (AvgIpc) is 2.67. The summed E-state index contributed by atoms with van der Waals surface area (Å²) in [6.07, 6.45) is 6.29. The van der Waals surface area contributed by atoms with Gasteiger partial charge in [-0.15, -0.1) is 0 Å². The summed E-state index contributed by atoms with van der Waals surface area (Å²) >= 11 is 0. The number of rotatable bonds is 4. The standard InChI is InChI=1S/C20H30N2O3/c1-24-20(23)22-13-5-8-18(21)19(22)14-25-17-11-9-16(10-12-17)15-6-3-2-4-7-15/h2-4,6-7,16-19H,5,8-14,21H2,1H3/t16-,17+,18-,19-/m0/s1. The Balaban J connectivity index is 1.49. The number of carbonyl (C=O) groups excluding carboxylic acids is 1. The molecule has 0 bridgehead atoms. The quantitative estimate of drug-likeness (QED) is 0.908. The normalized spacial score (nSPS) is 30.1. The Morgan fingerprint density at radius 1 is 1.16 bits per heavy atom. The van der Waals surface area contributed by atoms with Crippen molar-refractivity contribution in [3.63, 3.8) is 0 Å². The minimum Gasteiger partial charge on any atom is -0.453 e. The van der Waals surface area contributed by atoms with Crippen LogP contribution >= 0.6 is 0 Å². The smallest absolute Gasteiger partial charge is 0.409 e. The second-order valence-electron chi connectivity index (χ2n) is 7.25. The molecule has 1 heterocycles. The van der Waals surface area contributed by atoms with Crippen LogP contribution in [-0.2, 0) is 9.47 Å². The minimum absolute atomic E-state index is 0.0338. The first-order chi connectivity index (χ1) is 12.2. The predicted octanol–water partition coefficient (Wildman–Crippen LogP) is 3.29. The third-order valence-corrected chi connectivity index (χ3v) is 5.69. The zero-order chi connectivity index (χ0) is 17.6. The van der Waals surface area contributed by atoms with Gasteiger partial charge in [0.2, 0.25) is 0 Å². The number of ether oxygens (including phenoxy) is 2. The van der Waals surface area contributed by atoms with E-state index in [2.05, 4.69) is 30.3 Å². The molecule has 0 aromatic heterocycles. The van der Waals surface area contributed by atoms with Crippen molar-refractivity contribution in [2.24, 2.45) is 5.73 Å². The van der Waals surface area contributed by atoms with Crippen LogP contribution in [0, 0.1) is 0 Å². The third-order valence-electron chi connectivity index (χ3n) is 5.69. The van der Waals surface area contributed by atoms with Gasteiger partial charge in [0.25, 0.3) is 0 Å². The number of likely N-dealkylation sites (tertiary alicyclic amines) is 1. The van der Waals surface area contributed by atoms with Gasteiger partial charge >= 0.3 is 6.09 Å². The van der Waals surface area contributed by atoms with Crippen molar-refractivity contribution in [1.29, 1.82) is 0 Å². The van der Waals surface area contributed by atoms with Crippen LogP contribution < -0.4 is 5.73 Å². The third kappa shape index (κ3) is 4.53. The van der Waals surface area contributed by atoms with E-state index < -0.39 is 0 Å². The molecule has 25 heavy (non-hydrogen) atoms. The minimum atomic E-state index is -0.295. The SMILES string of the molecule is COC(=O)N1CCC[C@H](N)[C@@H]1CO[C@H]1CC[C@@H](c2ccccc2)CC1. The maximum atomic E-state index is 12.0. The largest absolute Gasteiger partial charge is 0.453 e. The molecule has 2 aliphatic rings. The number of methoxy groups -OCH3 is 1. The van der Waals surface area contributed by atoms with E-state index in [1.165, 1.54) is 12.7 Å². The van der Waals surface area contributed by atoms with Gasteiger partial charge in [-0.1, -0.05) is 30.3 Å². The van der Waals surface area contributed by atoms with Gasteiger partial charge in [0.15, 0.2) is 0 Å². The fourth-order valence-corrected chi connectivity index (χ4v) is 4.17. The van der Waals surface area contributed by atoms with Crippen molar-refractivity contribution in [1.82, 2.24) is 4.90 Å². The van der Waals surface area contributed by atoms with Gasteiger partial charge in [0, 0.05) is 12.6 Å². The highest BCUT2D eigenvalue weighted by molar-refractivity contribution is 5.68. The Morgan fingerprint density at radius 2 is 1.88 bits per heavy atom. The van der Waals surface area contributed by atoms with Crippen molar-refractivity contribution in [2.45, 2.75) is 62.6 Å². The second-order valence-corrected chi connectivity index (χ2v) is 7.25. The fourth-order valence-electron chi connectivity index (χ4n) is 4.17. The molecule has 5 heteroatoms. The highest BCUT2D eigenvalue weighted by Gasteiger charge is 2.34. The molecule has 1 aromatic rings. The molecule has 2 N–H and O–H groups in total. The van der Waals surface area contributed by atoms with Gasteiger partial charge in [-0.25, -0.2) is 4.79 Å². The topological polar surface area (TPSA) is 64.8 Å². The molecule has 1 aliphatic heterocycles. The maximum Gasteiger partial charge on any atom is 0.409 e. The van der Waals surface area contributed by atoms with Gasteiger partial charge in [0.05, 0.1) is 25.9 Å². The Hall–Kier alpha value is -1.59. The molecule has 0 radical (unpaired) electrons. The lowest BCUT2D eigenvalue weighted by molar-refractivity contribution is -0.0229. The van der Waals surface area contributed by atoms with Crippen LogP contribution in [0.4, 0.5) is 4.79 Å².